The Bertz CT molecular complexity index is 571. The number of nitrogens with one attached hydrogen (secondary N) is 2. The average Bonchev–Trinajstić information content (AvgIpc) is 3.13. The van der Waals surface area contributed by atoms with Gasteiger partial charge in [0, 0.05) is 37.6 Å². The Morgan fingerprint density at radius 3 is 2.82 bits per heavy atom. The fraction of sp³-hybridized carbons (Fsp3) is 0.611. The van der Waals surface area contributed by atoms with Crippen molar-refractivity contribution in [1.29, 1.82) is 0 Å². The van der Waals surface area contributed by atoms with E-state index in [1.807, 2.05) is 19.2 Å². The molecule has 1 aromatic heterocycles. The summed E-state index contributed by atoms with van der Waals surface area (Å²) in [4.78, 5) is 18.1. The van der Waals surface area contributed by atoms with Gasteiger partial charge in [0.1, 0.15) is 0 Å². The molecule has 1 aliphatic carbocycles. The third-order valence-corrected chi connectivity index (χ3v) is 5.15. The van der Waals surface area contributed by atoms with Gasteiger partial charge in [0.15, 0.2) is 0 Å². The standard InChI is InChI=1S/C18H27N3O/c1-4-12(2)9-21-10-16(14-5-6-14)17(11-21)20-18(22)15-7-8-19-13(15)3/h4,7-8,14,16-17,19H,5-6,9-11H2,1-3H3,(H,20,22)/b12-4+/t16-,17+/m1/s1. The smallest absolute Gasteiger partial charge is 0.253 e. The van der Waals surface area contributed by atoms with Crippen LogP contribution in [0.2, 0.25) is 0 Å². The van der Waals surface area contributed by atoms with Crippen LogP contribution in [0, 0.1) is 18.8 Å². The molecule has 1 saturated heterocycles. The fourth-order valence-corrected chi connectivity index (χ4v) is 3.59. The van der Waals surface area contributed by atoms with Gasteiger partial charge in [-0.15, -0.1) is 0 Å². The van der Waals surface area contributed by atoms with E-state index < -0.39 is 0 Å². The number of hydrogen-bond donors (Lipinski definition) is 2. The van der Waals surface area contributed by atoms with Crippen molar-refractivity contribution in [3.8, 4) is 0 Å². The molecule has 4 nitrogen and oxygen atoms in total. The summed E-state index contributed by atoms with van der Waals surface area (Å²) in [7, 11) is 0. The molecule has 0 spiro atoms. The van der Waals surface area contributed by atoms with Gasteiger partial charge in [-0.3, -0.25) is 9.69 Å². The first-order valence-corrected chi connectivity index (χ1v) is 8.37. The van der Waals surface area contributed by atoms with Gasteiger partial charge in [-0.1, -0.05) is 11.6 Å². The van der Waals surface area contributed by atoms with Crippen molar-refractivity contribution < 1.29 is 4.79 Å². The maximum Gasteiger partial charge on any atom is 0.253 e. The third kappa shape index (κ3) is 3.27. The zero-order valence-electron chi connectivity index (χ0n) is 13.9. The number of likely N-dealkylation sites (tertiary alicyclic amines) is 1. The summed E-state index contributed by atoms with van der Waals surface area (Å²) in [5.41, 5.74) is 3.13. The summed E-state index contributed by atoms with van der Waals surface area (Å²) in [5, 5.41) is 3.29. The van der Waals surface area contributed by atoms with Crippen molar-refractivity contribution >= 4 is 5.91 Å². The first-order chi connectivity index (χ1) is 10.6. The lowest BCUT2D eigenvalue weighted by molar-refractivity contribution is 0.0927. The molecule has 0 bridgehead atoms. The predicted molar refractivity (Wildman–Crippen MR) is 88.9 cm³/mol. The van der Waals surface area contributed by atoms with Gasteiger partial charge in [-0.05, 0) is 51.5 Å². The number of carbonyl (C=O) groups excluding carboxylic acids is 1. The minimum atomic E-state index is 0.0685. The molecule has 2 N–H and O–H groups in total. The van der Waals surface area contributed by atoms with Crippen LogP contribution in [0.15, 0.2) is 23.9 Å². The van der Waals surface area contributed by atoms with Crippen molar-refractivity contribution in [3.05, 3.63) is 35.2 Å². The van der Waals surface area contributed by atoms with Gasteiger partial charge in [0.25, 0.3) is 5.91 Å². The summed E-state index contributed by atoms with van der Waals surface area (Å²) < 4.78 is 0. The molecule has 4 heteroatoms. The molecule has 2 aliphatic rings. The number of hydrogen-bond acceptors (Lipinski definition) is 2. The summed E-state index contributed by atoms with van der Waals surface area (Å²) in [5.74, 6) is 1.50. The average molecular weight is 301 g/mol. The molecule has 22 heavy (non-hydrogen) atoms. The van der Waals surface area contributed by atoms with Crippen molar-refractivity contribution in [2.24, 2.45) is 11.8 Å². The highest BCUT2D eigenvalue weighted by Gasteiger charge is 2.43. The normalized spacial score (nSPS) is 26.4. The Morgan fingerprint density at radius 2 is 2.23 bits per heavy atom. The molecule has 0 aromatic carbocycles. The Morgan fingerprint density at radius 1 is 1.45 bits per heavy atom. The molecule has 0 unspecified atom stereocenters. The summed E-state index contributed by atoms with van der Waals surface area (Å²) in [6.45, 7) is 9.34. The number of nitrogens with zero attached hydrogens (tertiary/aromatic N) is 1. The molecule has 3 rings (SSSR count). The van der Waals surface area contributed by atoms with E-state index in [0.717, 1.165) is 36.8 Å². The maximum atomic E-state index is 12.5. The van der Waals surface area contributed by atoms with Crippen LogP contribution in [-0.2, 0) is 0 Å². The highest BCUT2D eigenvalue weighted by atomic mass is 16.1. The van der Waals surface area contributed by atoms with Crippen LogP contribution >= 0.6 is 0 Å². The Kier molecular flexibility index (Phi) is 4.39. The topological polar surface area (TPSA) is 48.1 Å². The second kappa shape index (κ2) is 6.29. The maximum absolute atomic E-state index is 12.5. The van der Waals surface area contributed by atoms with Gasteiger partial charge >= 0.3 is 0 Å². The number of H-pyrrole nitrogens is 1. The van der Waals surface area contributed by atoms with Crippen LogP contribution in [0.1, 0.15) is 42.7 Å². The Hall–Kier alpha value is -1.55. The van der Waals surface area contributed by atoms with Crippen LogP contribution in [0.3, 0.4) is 0 Å². The molecule has 120 valence electrons. The minimum absolute atomic E-state index is 0.0685. The van der Waals surface area contributed by atoms with E-state index in [-0.39, 0.29) is 5.91 Å². The quantitative estimate of drug-likeness (QED) is 0.822. The number of carbonyl (C=O) groups is 1. The molecule has 1 saturated carbocycles. The lowest BCUT2D eigenvalue weighted by Crippen LogP contribution is -2.41. The molecular formula is C18H27N3O. The zero-order valence-corrected chi connectivity index (χ0v) is 13.9. The largest absolute Gasteiger partial charge is 0.365 e. The van der Waals surface area contributed by atoms with E-state index in [4.69, 9.17) is 0 Å². The molecular weight excluding hydrogens is 274 g/mol. The van der Waals surface area contributed by atoms with E-state index in [1.54, 1.807) is 0 Å². The van der Waals surface area contributed by atoms with Crippen molar-refractivity contribution in [3.63, 3.8) is 0 Å². The van der Waals surface area contributed by atoms with Crippen LogP contribution in [-0.4, -0.2) is 41.5 Å². The minimum Gasteiger partial charge on any atom is -0.365 e. The zero-order chi connectivity index (χ0) is 15.7. The molecule has 1 aromatic rings. The second-order valence-corrected chi connectivity index (χ2v) is 6.93. The lowest BCUT2D eigenvalue weighted by Gasteiger charge is -2.19. The monoisotopic (exact) mass is 301 g/mol. The highest BCUT2D eigenvalue weighted by Crippen LogP contribution is 2.41. The summed E-state index contributed by atoms with van der Waals surface area (Å²) >= 11 is 0. The fourth-order valence-electron chi connectivity index (χ4n) is 3.59. The third-order valence-electron chi connectivity index (χ3n) is 5.15. The molecule has 1 aliphatic heterocycles. The first kappa shape index (κ1) is 15.3. The Balaban J connectivity index is 1.66. The number of allylic oxidation sites excluding steroid dienone is 1. The number of aryl methyl sites for hydroxylation is 1. The molecule has 2 fully saturated rings. The van der Waals surface area contributed by atoms with E-state index in [1.165, 1.54) is 18.4 Å². The van der Waals surface area contributed by atoms with E-state index in [2.05, 4.69) is 35.1 Å². The SMILES string of the molecule is C/C=C(\C)CN1C[C@H](NC(=O)c2cc[nH]c2C)[C@@H](C2CC2)C1. The predicted octanol–water partition coefficient (Wildman–Crippen LogP) is 2.73. The van der Waals surface area contributed by atoms with Gasteiger partial charge in [-0.2, -0.15) is 0 Å². The van der Waals surface area contributed by atoms with Crippen LogP contribution in [0.25, 0.3) is 0 Å². The van der Waals surface area contributed by atoms with Crippen LogP contribution in [0.5, 0.6) is 0 Å². The van der Waals surface area contributed by atoms with Crippen LogP contribution < -0.4 is 5.32 Å². The number of rotatable bonds is 5. The van der Waals surface area contributed by atoms with Gasteiger partial charge in [0.2, 0.25) is 0 Å². The van der Waals surface area contributed by atoms with Crippen LogP contribution in [0.4, 0.5) is 0 Å². The first-order valence-electron chi connectivity index (χ1n) is 8.37. The summed E-state index contributed by atoms with van der Waals surface area (Å²) in [6.07, 6.45) is 6.67. The van der Waals surface area contributed by atoms with E-state index >= 15 is 0 Å². The number of aromatic nitrogens is 1. The van der Waals surface area contributed by atoms with E-state index in [0.29, 0.717) is 12.0 Å². The number of aromatic amines is 1. The van der Waals surface area contributed by atoms with Gasteiger partial charge in [0.05, 0.1) is 5.56 Å². The number of amides is 1. The lowest BCUT2D eigenvalue weighted by atomic mass is 9.98. The second-order valence-electron chi connectivity index (χ2n) is 6.93. The van der Waals surface area contributed by atoms with Crippen molar-refractivity contribution in [1.82, 2.24) is 15.2 Å². The molecule has 1 amide bonds. The molecule has 2 atom stereocenters. The molecule has 2 heterocycles. The summed E-state index contributed by atoms with van der Waals surface area (Å²) in [6, 6.07) is 2.16. The highest BCUT2D eigenvalue weighted by molar-refractivity contribution is 5.95. The van der Waals surface area contributed by atoms with Gasteiger partial charge in [-0.25, -0.2) is 0 Å². The van der Waals surface area contributed by atoms with Crippen molar-refractivity contribution in [2.45, 2.75) is 39.7 Å². The van der Waals surface area contributed by atoms with Gasteiger partial charge < -0.3 is 10.3 Å². The molecule has 0 radical (unpaired) electrons. The van der Waals surface area contributed by atoms with Crippen molar-refractivity contribution in [2.75, 3.05) is 19.6 Å². The Labute approximate surface area is 133 Å². The van der Waals surface area contributed by atoms with E-state index in [9.17, 15) is 4.79 Å².